The maximum absolute atomic E-state index is 13.4. The van der Waals surface area contributed by atoms with Gasteiger partial charge in [-0.3, -0.25) is 4.90 Å². The van der Waals surface area contributed by atoms with E-state index in [0.717, 1.165) is 75.0 Å². The topological polar surface area (TPSA) is 67.8 Å². The summed E-state index contributed by atoms with van der Waals surface area (Å²) in [5, 5.41) is 1.54. The molecule has 228 valence electrons. The van der Waals surface area contributed by atoms with Crippen molar-refractivity contribution in [3.63, 3.8) is 0 Å². The first-order valence-electron chi connectivity index (χ1n) is 14.9. The number of aromatic nitrogens is 2. The second-order valence-corrected chi connectivity index (χ2v) is 13.7. The maximum Gasteiger partial charge on any atom is 0.339 e. The largest absolute Gasteiger partial charge is 0.464 e. The average molecular weight is 621 g/mol. The van der Waals surface area contributed by atoms with Gasteiger partial charge in [-0.25, -0.2) is 14.8 Å². The zero-order valence-electron chi connectivity index (χ0n) is 26.1. The fourth-order valence-corrected chi connectivity index (χ4v) is 6.81. The Bertz CT molecular complexity index is 1590. The van der Waals surface area contributed by atoms with Crippen LogP contribution in [0.4, 0.5) is 5.82 Å². The first-order chi connectivity index (χ1) is 20.4. The number of benzene rings is 2. The van der Waals surface area contributed by atoms with Crippen LogP contribution < -0.4 is 4.90 Å². The molecule has 0 aliphatic carbocycles. The predicted molar refractivity (Wildman–Crippen MR) is 177 cm³/mol. The number of anilines is 1. The second-order valence-electron chi connectivity index (χ2n) is 12.2. The van der Waals surface area contributed by atoms with E-state index >= 15 is 0 Å². The summed E-state index contributed by atoms with van der Waals surface area (Å²) in [4.78, 5) is 28.1. The van der Waals surface area contributed by atoms with E-state index in [4.69, 9.17) is 31.0 Å². The molecule has 2 aromatic carbocycles. The van der Waals surface area contributed by atoms with Crippen LogP contribution in [-0.2, 0) is 14.3 Å². The number of aryl methyl sites for hydroxylation is 1. The number of hydrogen-bond acceptors (Lipinski definition) is 8. The predicted octanol–water partition coefficient (Wildman–Crippen LogP) is 7.94. The fraction of sp³-hybridized carbons (Fsp3) is 0.441. The van der Waals surface area contributed by atoms with E-state index in [0.29, 0.717) is 11.1 Å². The van der Waals surface area contributed by atoms with E-state index < -0.39 is 17.7 Å². The summed E-state index contributed by atoms with van der Waals surface area (Å²) in [6.45, 7) is 18.4. The Kier molecular flexibility index (Phi) is 9.42. The number of piperazine rings is 1. The van der Waals surface area contributed by atoms with Crippen molar-refractivity contribution in [3.8, 4) is 21.7 Å². The van der Waals surface area contributed by atoms with Gasteiger partial charge in [0.1, 0.15) is 10.8 Å². The highest BCUT2D eigenvalue weighted by Gasteiger charge is 2.33. The van der Waals surface area contributed by atoms with Crippen LogP contribution in [0, 0.1) is 6.92 Å². The number of carbonyl (C=O) groups excluding carboxylic acids is 1. The van der Waals surface area contributed by atoms with Gasteiger partial charge >= 0.3 is 5.97 Å². The van der Waals surface area contributed by atoms with Gasteiger partial charge in [-0.1, -0.05) is 23.7 Å². The minimum atomic E-state index is -0.905. The summed E-state index contributed by atoms with van der Waals surface area (Å²) in [7, 11) is 0. The van der Waals surface area contributed by atoms with Crippen molar-refractivity contribution in [1.29, 1.82) is 0 Å². The Hall–Kier alpha value is -3.04. The van der Waals surface area contributed by atoms with Gasteiger partial charge in [0.2, 0.25) is 0 Å². The normalized spacial score (nSPS) is 15.3. The highest BCUT2D eigenvalue weighted by atomic mass is 35.5. The molecular formula is C34H41ClN4O3S. The lowest BCUT2D eigenvalue weighted by Gasteiger charge is -2.37. The minimum absolute atomic E-state index is 0.266. The van der Waals surface area contributed by atoms with Gasteiger partial charge in [-0.05, 0) is 89.9 Å². The van der Waals surface area contributed by atoms with Gasteiger partial charge in [0.15, 0.2) is 6.10 Å². The summed E-state index contributed by atoms with van der Waals surface area (Å²) in [6, 6.07) is 14.5. The van der Waals surface area contributed by atoms with Crippen molar-refractivity contribution >= 4 is 44.9 Å². The van der Waals surface area contributed by atoms with E-state index in [1.165, 1.54) is 0 Å². The van der Waals surface area contributed by atoms with Crippen LogP contribution in [0.1, 0.15) is 58.8 Å². The second kappa shape index (κ2) is 12.9. The average Bonchev–Trinajstić information content (AvgIpc) is 3.39. The van der Waals surface area contributed by atoms with Crippen LogP contribution in [-0.4, -0.2) is 65.3 Å². The van der Waals surface area contributed by atoms with Crippen LogP contribution in [0.15, 0.2) is 48.7 Å². The van der Waals surface area contributed by atoms with Gasteiger partial charge in [-0.15, -0.1) is 11.3 Å². The molecule has 43 heavy (non-hydrogen) atoms. The van der Waals surface area contributed by atoms with Gasteiger partial charge in [0.25, 0.3) is 0 Å². The molecule has 3 heterocycles. The molecule has 1 fully saturated rings. The molecule has 0 N–H and O–H groups in total. The summed E-state index contributed by atoms with van der Waals surface area (Å²) in [5.74, 6) is 0.562. The Morgan fingerprint density at radius 3 is 2.37 bits per heavy atom. The molecule has 5 rings (SSSR count). The quantitative estimate of drug-likeness (QED) is 0.185. The number of nitrogens with zero attached hydrogens (tertiary/aromatic N) is 4. The van der Waals surface area contributed by atoms with Crippen molar-refractivity contribution in [1.82, 2.24) is 14.9 Å². The molecule has 1 aliphatic heterocycles. The Morgan fingerprint density at radius 1 is 1.05 bits per heavy atom. The zero-order valence-corrected chi connectivity index (χ0v) is 27.7. The third kappa shape index (κ3) is 7.04. The number of carbonyl (C=O) groups is 1. The highest BCUT2D eigenvalue weighted by Crippen LogP contribution is 2.44. The smallest absolute Gasteiger partial charge is 0.339 e. The number of halogens is 1. The molecule has 9 heteroatoms. The maximum atomic E-state index is 13.4. The first-order valence-corrected chi connectivity index (χ1v) is 16.1. The number of rotatable bonds is 8. The number of ether oxygens (including phenoxy) is 2. The number of fused-ring (bicyclic) bond motifs is 1. The third-order valence-electron chi connectivity index (χ3n) is 7.66. The van der Waals surface area contributed by atoms with Crippen molar-refractivity contribution in [2.24, 2.45) is 0 Å². The minimum Gasteiger partial charge on any atom is -0.464 e. The highest BCUT2D eigenvalue weighted by molar-refractivity contribution is 7.22. The molecule has 0 spiro atoms. The Balaban J connectivity index is 1.63. The van der Waals surface area contributed by atoms with E-state index in [-0.39, 0.29) is 6.61 Å². The molecule has 0 bridgehead atoms. The molecule has 2 aromatic heterocycles. The lowest BCUT2D eigenvalue weighted by Crippen LogP contribution is -2.49. The van der Waals surface area contributed by atoms with E-state index in [1.807, 2.05) is 71.1 Å². The van der Waals surface area contributed by atoms with E-state index in [1.54, 1.807) is 11.3 Å². The van der Waals surface area contributed by atoms with Gasteiger partial charge in [0, 0.05) is 60.1 Å². The summed E-state index contributed by atoms with van der Waals surface area (Å²) in [6.07, 6.45) is 0.966. The third-order valence-corrected chi connectivity index (χ3v) is 9.05. The van der Waals surface area contributed by atoms with E-state index in [9.17, 15) is 4.79 Å². The van der Waals surface area contributed by atoms with E-state index in [2.05, 4.69) is 35.8 Å². The molecule has 4 aromatic rings. The SMILES string of the molecule is CCOC(=O)[C@@H](OC(C)(C)C)c1c(C)cc2nc(-c3ccnc(N4CCN(C(C)C)CC4)c3)sc2c1-c1ccc(Cl)cc1. The van der Waals surface area contributed by atoms with Crippen LogP contribution in [0.2, 0.25) is 5.02 Å². The lowest BCUT2D eigenvalue weighted by molar-refractivity contribution is -0.166. The molecule has 0 radical (unpaired) electrons. The Morgan fingerprint density at radius 2 is 1.74 bits per heavy atom. The molecule has 1 atom stereocenters. The number of esters is 1. The molecule has 0 amide bonds. The van der Waals surface area contributed by atoms with Crippen molar-refractivity contribution in [3.05, 3.63) is 64.8 Å². The first kappa shape index (κ1) is 31.4. The van der Waals surface area contributed by atoms with Gasteiger partial charge in [0.05, 0.1) is 22.4 Å². The zero-order chi connectivity index (χ0) is 30.9. The van der Waals surface area contributed by atoms with Crippen LogP contribution in [0.25, 0.3) is 31.9 Å². The summed E-state index contributed by atoms with van der Waals surface area (Å²) in [5.41, 5.74) is 4.86. The van der Waals surface area contributed by atoms with Gasteiger partial charge < -0.3 is 14.4 Å². The van der Waals surface area contributed by atoms with Crippen molar-refractivity contribution in [2.45, 2.75) is 66.2 Å². The fourth-order valence-electron chi connectivity index (χ4n) is 5.56. The monoisotopic (exact) mass is 620 g/mol. The number of thiazole rings is 1. The molecular weight excluding hydrogens is 580 g/mol. The number of hydrogen-bond donors (Lipinski definition) is 0. The number of pyridine rings is 1. The molecule has 1 aliphatic rings. The molecule has 0 unspecified atom stereocenters. The van der Waals surface area contributed by atoms with Crippen molar-refractivity contribution in [2.75, 3.05) is 37.7 Å². The van der Waals surface area contributed by atoms with Gasteiger partial charge in [-0.2, -0.15) is 0 Å². The van der Waals surface area contributed by atoms with Crippen LogP contribution in [0.3, 0.4) is 0 Å². The van der Waals surface area contributed by atoms with Crippen molar-refractivity contribution < 1.29 is 14.3 Å². The lowest BCUT2D eigenvalue weighted by atomic mass is 9.91. The molecule has 7 nitrogen and oxygen atoms in total. The standard InChI is InChI=1S/C34H41ClN4O3S/c1-8-41-33(40)30(42-34(5,6)7)28-22(4)19-26-31(29(28)23-9-11-25(35)12-10-23)43-32(37-26)24-13-14-36-27(20-24)39-17-15-38(16-18-39)21(2)3/h9-14,19-21,30H,8,15-18H2,1-7H3/t30-/m0/s1. The Labute approximate surface area is 263 Å². The summed E-state index contributed by atoms with van der Waals surface area (Å²) < 4.78 is 12.9. The summed E-state index contributed by atoms with van der Waals surface area (Å²) >= 11 is 7.91. The van der Waals surface area contributed by atoms with Crippen LogP contribution in [0.5, 0.6) is 0 Å². The molecule has 1 saturated heterocycles. The van der Waals surface area contributed by atoms with Crippen LogP contribution >= 0.6 is 22.9 Å². The molecule has 0 saturated carbocycles.